The fraction of sp³-hybridized carbons (Fsp3) is 0.500. The summed E-state index contributed by atoms with van der Waals surface area (Å²) in [6.45, 7) is 6.73. The summed E-state index contributed by atoms with van der Waals surface area (Å²) in [5, 5.41) is 21.0. The van der Waals surface area contributed by atoms with Crippen LogP contribution in [0.3, 0.4) is 0 Å². The van der Waals surface area contributed by atoms with Gasteiger partial charge in [0.1, 0.15) is 5.60 Å². The van der Waals surface area contributed by atoms with Crippen molar-refractivity contribution in [1.29, 1.82) is 0 Å². The van der Waals surface area contributed by atoms with Crippen molar-refractivity contribution in [2.75, 3.05) is 6.61 Å². The molecule has 0 saturated carbocycles. The molecule has 0 amide bonds. The molecule has 0 fully saturated rings. The standard InChI is InChI=1S/C16H21NO7/c1-5-23-15(20)13(18)9-10-6-7-11(8-12(10)17(21)22)14(19)24-16(2,3)4/h6-8,13,18H,5,9H2,1-4H3. The number of nitrogens with zero attached hydrogens (tertiary/aromatic N) is 1. The summed E-state index contributed by atoms with van der Waals surface area (Å²) in [4.78, 5) is 34.0. The van der Waals surface area contributed by atoms with Gasteiger partial charge in [-0.15, -0.1) is 0 Å². The fourth-order valence-corrected chi connectivity index (χ4v) is 1.90. The van der Waals surface area contributed by atoms with Crippen LogP contribution in [-0.2, 0) is 20.7 Å². The van der Waals surface area contributed by atoms with Gasteiger partial charge in [-0.05, 0) is 33.8 Å². The molecular formula is C16H21NO7. The average molecular weight is 339 g/mol. The number of aliphatic hydroxyl groups excluding tert-OH is 1. The van der Waals surface area contributed by atoms with Crippen molar-refractivity contribution in [2.24, 2.45) is 0 Å². The van der Waals surface area contributed by atoms with Crippen LogP contribution in [0.5, 0.6) is 0 Å². The van der Waals surface area contributed by atoms with Gasteiger partial charge < -0.3 is 14.6 Å². The molecule has 1 aromatic carbocycles. The molecule has 8 heteroatoms. The van der Waals surface area contributed by atoms with Crippen molar-refractivity contribution in [2.45, 2.75) is 45.8 Å². The minimum atomic E-state index is -1.52. The van der Waals surface area contributed by atoms with E-state index in [1.807, 2.05) is 0 Å². The average Bonchev–Trinajstić information content (AvgIpc) is 2.45. The zero-order chi connectivity index (χ0) is 18.5. The van der Waals surface area contributed by atoms with Gasteiger partial charge in [0, 0.05) is 18.1 Å². The van der Waals surface area contributed by atoms with E-state index >= 15 is 0 Å². The number of carbonyl (C=O) groups excluding carboxylic acids is 2. The first kappa shape index (κ1) is 19.6. The highest BCUT2D eigenvalue weighted by Gasteiger charge is 2.25. The van der Waals surface area contributed by atoms with Crippen molar-refractivity contribution >= 4 is 17.6 Å². The minimum Gasteiger partial charge on any atom is -0.464 e. The lowest BCUT2D eigenvalue weighted by atomic mass is 10.0. The molecule has 0 aromatic heterocycles. The number of aliphatic hydroxyl groups is 1. The van der Waals surface area contributed by atoms with Crippen LogP contribution in [-0.4, -0.2) is 40.3 Å². The summed E-state index contributed by atoms with van der Waals surface area (Å²) in [7, 11) is 0. The van der Waals surface area contributed by atoms with Crippen molar-refractivity contribution in [3.8, 4) is 0 Å². The first-order valence-corrected chi connectivity index (χ1v) is 7.40. The molecule has 0 aliphatic heterocycles. The molecule has 1 atom stereocenters. The summed E-state index contributed by atoms with van der Waals surface area (Å²) in [6, 6.07) is 3.75. The topological polar surface area (TPSA) is 116 Å². The smallest absolute Gasteiger partial charge is 0.338 e. The van der Waals surface area contributed by atoms with Gasteiger partial charge in [-0.2, -0.15) is 0 Å². The lowest BCUT2D eigenvalue weighted by Crippen LogP contribution is -2.26. The van der Waals surface area contributed by atoms with Crippen LogP contribution in [0.15, 0.2) is 18.2 Å². The van der Waals surface area contributed by atoms with Gasteiger partial charge in [0.25, 0.3) is 5.69 Å². The summed E-state index contributed by atoms with van der Waals surface area (Å²) in [5.41, 5.74) is -0.967. The molecule has 0 saturated heterocycles. The number of nitro groups is 1. The summed E-state index contributed by atoms with van der Waals surface area (Å²) in [5.74, 6) is -1.55. The Morgan fingerprint density at radius 1 is 1.33 bits per heavy atom. The highest BCUT2D eigenvalue weighted by molar-refractivity contribution is 5.90. The molecule has 0 spiro atoms. The van der Waals surface area contributed by atoms with E-state index in [1.54, 1.807) is 27.7 Å². The number of rotatable bonds is 6. The van der Waals surface area contributed by atoms with Crippen molar-refractivity contribution in [3.63, 3.8) is 0 Å². The fourth-order valence-electron chi connectivity index (χ4n) is 1.90. The van der Waals surface area contributed by atoms with Crippen molar-refractivity contribution < 1.29 is 29.1 Å². The molecule has 1 N–H and O–H groups in total. The Hall–Kier alpha value is -2.48. The van der Waals surface area contributed by atoms with E-state index in [1.165, 1.54) is 12.1 Å². The second kappa shape index (κ2) is 7.87. The molecule has 0 aliphatic rings. The van der Waals surface area contributed by atoms with Crippen LogP contribution >= 0.6 is 0 Å². The van der Waals surface area contributed by atoms with E-state index in [0.717, 1.165) is 6.07 Å². The number of nitro benzene ring substituents is 1. The first-order valence-electron chi connectivity index (χ1n) is 7.40. The van der Waals surface area contributed by atoms with E-state index < -0.39 is 28.6 Å². The van der Waals surface area contributed by atoms with Gasteiger partial charge >= 0.3 is 11.9 Å². The van der Waals surface area contributed by atoms with Crippen LogP contribution in [0, 0.1) is 10.1 Å². The number of hydrogen-bond acceptors (Lipinski definition) is 7. The van der Waals surface area contributed by atoms with E-state index in [0.29, 0.717) is 0 Å². The van der Waals surface area contributed by atoms with E-state index in [2.05, 4.69) is 4.74 Å². The monoisotopic (exact) mass is 339 g/mol. The maximum atomic E-state index is 12.0. The molecule has 132 valence electrons. The predicted octanol–water partition coefficient (Wildman–Crippen LogP) is 2.02. The minimum absolute atomic E-state index is 0.0194. The normalized spacial score (nSPS) is 12.4. The van der Waals surface area contributed by atoms with Crippen LogP contribution < -0.4 is 0 Å². The molecule has 0 heterocycles. The number of benzene rings is 1. The predicted molar refractivity (Wildman–Crippen MR) is 84.6 cm³/mol. The van der Waals surface area contributed by atoms with Crippen LogP contribution in [0.25, 0.3) is 0 Å². The summed E-state index contributed by atoms with van der Waals surface area (Å²) < 4.78 is 9.82. The summed E-state index contributed by atoms with van der Waals surface area (Å²) in [6.07, 6.45) is -1.81. The zero-order valence-corrected chi connectivity index (χ0v) is 14.1. The van der Waals surface area contributed by atoms with Crippen molar-refractivity contribution in [1.82, 2.24) is 0 Å². The summed E-state index contributed by atoms with van der Waals surface area (Å²) >= 11 is 0. The number of ether oxygens (including phenoxy) is 2. The Morgan fingerprint density at radius 3 is 2.46 bits per heavy atom. The Morgan fingerprint density at radius 2 is 1.96 bits per heavy atom. The third-order valence-electron chi connectivity index (χ3n) is 2.89. The quantitative estimate of drug-likeness (QED) is 0.479. The third-order valence-corrected chi connectivity index (χ3v) is 2.89. The third kappa shape index (κ3) is 5.62. The van der Waals surface area contributed by atoms with Crippen LogP contribution in [0.4, 0.5) is 5.69 Å². The molecule has 1 aromatic rings. The molecule has 24 heavy (non-hydrogen) atoms. The lowest BCUT2D eigenvalue weighted by molar-refractivity contribution is -0.385. The molecule has 1 rings (SSSR count). The van der Waals surface area contributed by atoms with Crippen LogP contribution in [0.2, 0.25) is 0 Å². The van der Waals surface area contributed by atoms with Gasteiger partial charge in [0.2, 0.25) is 0 Å². The molecule has 0 bridgehead atoms. The van der Waals surface area contributed by atoms with Crippen LogP contribution in [0.1, 0.15) is 43.6 Å². The Balaban J connectivity index is 3.06. The second-order valence-electron chi connectivity index (χ2n) is 6.07. The van der Waals surface area contributed by atoms with Gasteiger partial charge in [0.15, 0.2) is 6.10 Å². The van der Waals surface area contributed by atoms with Crippen molar-refractivity contribution in [3.05, 3.63) is 39.4 Å². The van der Waals surface area contributed by atoms with E-state index in [9.17, 15) is 24.8 Å². The molecule has 0 aliphatic carbocycles. The SMILES string of the molecule is CCOC(=O)C(O)Cc1ccc(C(=O)OC(C)(C)C)cc1[N+](=O)[O-]. The van der Waals surface area contributed by atoms with E-state index in [-0.39, 0.29) is 29.8 Å². The van der Waals surface area contributed by atoms with Gasteiger partial charge in [0.05, 0.1) is 17.1 Å². The molecule has 0 radical (unpaired) electrons. The molecule has 8 nitrogen and oxygen atoms in total. The van der Waals surface area contributed by atoms with Gasteiger partial charge in [-0.1, -0.05) is 6.07 Å². The molecule has 1 unspecified atom stereocenters. The Bertz CT molecular complexity index is 634. The number of carbonyl (C=O) groups is 2. The maximum Gasteiger partial charge on any atom is 0.338 e. The largest absolute Gasteiger partial charge is 0.464 e. The zero-order valence-electron chi connectivity index (χ0n) is 14.1. The molecular weight excluding hydrogens is 318 g/mol. The first-order chi connectivity index (χ1) is 11.0. The number of esters is 2. The number of hydrogen-bond donors (Lipinski definition) is 1. The second-order valence-corrected chi connectivity index (χ2v) is 6.07. The van der Waals surface area contributed by atoms with E-state index in [4.69, 9.17) is 4.74 Å². The highest BCUT2D eigenvalue weighted by Crippen LogP contribution is 2.23. The highest BCUT2D eigenvalue weighted by atomic mass is 16.6. The van der Waals surface area contributed by atoms with Gasteiger partial charge in [-0.25, -0.2) is 9.59 Å². The van der Waals surface area contributed by atoms with Gasteiger partial charge in [-0.3, -0.25) is 10.1 Å². The Labute approximate surface area is 139 Å². The lowest BCUT2D eigenvalue weighted by Gasteiger charge is -2.19. The Kier molecular flexibility index (Phi) is 6.42. The maximum absolute atomic E-state index is 12.0.